The van der Waals surface area contributed by atoms with Crippen LogP contribution in [0.3, 0.4) is 0 Å². The zero-order chi connectivity index (χ0) is 19.8. The van der Waals surface area contributed by atoms with E-state index in [1.54, 1.807) is 18.6 Å². The predicted molar refractivity (Wildman–Crippen MR) is 115 cm³/mol. The van der Waals surface area contributed by atoms with Crippen LogP contribution < -0.4 is 16.0 Å². The first-order valence-electron chi connectivity index (χ1n) is 9.45. The van der Waals surface area contributed by atoms with Crippen molar-refractivity contribution in [2.24, 2.45) is 0 Å². The Morgan fingerprint density at radius 3 is 2.93 bits per heavy atom. The summed E-state index contributed by atoms with van der Waals surface area (Å²) >= 11 is 6.06. The van der Waals surface area contributed by atoms with Crippen molar-refractivity contribution in [3.8, 4) is 0 Å². The Labute approximate surface area is 173 Å². The van der Waals surface area contributed by atoms with E-state index in [0.29, 0.717) is 23.8 Å². The van der Waals surface area contributed by atoms with Crippen molar-refractivity contribution in [2.75, 3.05) is 22.5 Å². The van der Waals surface area contributed by atoms with Crippen molar-refractivity contribution >= 4 is 34.4 Å². The van der Waals surface area contributed by atoms with Gasteiger partial charge in [0.1, 0.15) is 17.8 Å². The van der Waals surface area contributed by atoms with Gasteiger partial charge in [0.2, 0.25) is 0 Å². The number of hydrogen-bond donors (Lipinski definition) is 2. The zero-order valence-electron chi connectivity index (χ0n) is 15.7. The van der Waals surface area contributed by atoms with Gasteiger partial charge in [-0.2, -0.15) is 0 Å². The summed E-state index contributed by atoms with van der Waals surface area (Å²) < 4.78 is 1.99. The second-order valence-electron chi connectivity index (χ2n) is 7.10. The molecule has 0 aliphatic carbocycles. The molecule has 0 spiro atoms. The Bertz CT molecular complexity index is 1190. The first kappa shape index (κ1) is 17.8. The minimum absolute atomic E-state index is 0.642. The number of anilines is 3. The van der Waals surface area contributed by atoms with E-state index in [2.05, 4.69) is 37.3 Å². The number of halogens is 1. The van der Waals surface area contributed by atoms with Crippen molar-refractivity contribution in [3.05, 3.63) is 77.1 Å². The molecule has 0 fully saturated rings. The predicted octanol–water partition coefficient (Wildman–Crippen LogP) is 3.53. The molecule has 0 bridgehead atoms. The van der Waals surface area contributed by atoms with Gasteiger partial charge in [0.25, 0.3) is 0 Å². The largest absolute Gasteiger partial charge is 0.397 e. The molecule has 29 heavy (non-hydrogen) atoms. The number of nitrogen functional groups attached to an aromatic ring is 1. The summed E-state index contributed by atoms with van der Waals surface area (Å²) in [4.78, 5) is 15.6. The van der Waals surface area contributed by atoms with Gasteiger partial charge in [0.15, 0.2) is 0 Å². The van der Waals surface area contributed by atoms with Gasteiger partial charge in [0.05, 0.1) is 17.1 Å². The van der Waals surface area contributed by atoms with Gasteiger partial charge in [0, 0.05) is 55.2 Å². The van der Waals surface area contributed by atoms with E-state index in [1.807, 2.05) is 28.9 Å². The van der Waals surface area contributed by atoms with Crippen LogP contribution in [0.5, 0.6) is 0 Å². The quantitative estimate of drug-likeness (QED) is 0.505. The van der Waals surface area contributed by atoms with Gasteiger partial charge >= 0.3 is 0 Å². The highest BCUT2D eigenvalue weighted by Crippen LogP contribution is 2.32. The average Bonchev–Trinajstić information content (AvgIpc) is 3.20. The highest BCUT2D eigenvalue weighted by molar-refractivity contribution is 6.31. The highest BCUT2D eigenvalue weighted by Gasteiger charge is 2.22. The van der Waals surface area contributed by atoms with Crippen LogP contribution in [0.15, 0.2) is 55.2 Å². The van der Waals surface area contributed by atoms with Gasteiger partial charge in [-0.05, 0) is 35.9 Å². The fourth-order valence-electron chi connectivity index (χ4n) is 3.76. The number of aromatic nitrogens is 4. The monoisotopic (exact) mass is 405 g/mol. The lowest BCUT2D eigenvalue weighted by molar-refractivity contribution is 0.707. The summed E-state index contributed by atoms with van der Waals surface area (Å²) in [5.74, 6) is 0.857. The Morgan fingerprint density at radius 1 is 1.10 bits per heavy atom. The average molecular weight is 406 g/mol. The Balaban J connectivity index is 1.38. The molecule has 1 aliphatic rings. The Hall–Kier alpha value is -3.32. The molecule has 7 nitrogen and oxygen atoms in total. The van der Waals surface area contributed by atoms with Crippen molar-refractivity contribution in [1.29, 1.82) is 0 Å². The third kappa shape index (κ3) is 3.45. The van der Waals surface area contributed by atoms with Crippen molar-refractivity contribution in [1.82, 2.24) is 19.4 Å². The third-order valence-corrected chi connectivity index (χ3v) is 5.49. The number of hydrogen-bond acceptors (Lipinski definition) is 6. The van der Waals surface area contributed by atoms with Crippen LogP contribution in [-0.4, -0.2) is 25.9 Å². The lowest BCUT2D eigenvalue weighted by atomic mass is 10.0. The minimum Gasteiger partial charge on any atom is -0.397 e. The molecular formula is C21H20ClN7. The van der Waals surface area contributed by atoms with Crippen LogP contribution in [0.1, 0.15) is 16.8 Å². The van der Waals surface area contributed by atoms with E-state index in [4.69, 9.17) is 17.3 Å². The number of nitrogens with zero attached hydrogens (tertiary/aromatic N) is 5. The van der Waals surface area contributed by atoms with E-state index in [0.717, 1.165) is 46.9 Å². The standard InChI is InChI=1S/C21H20ClN7/c22-15-1-2-19(17(23)10-15)29-7-4-18-16(12-29)21(27-13-26-18)25-11-14-3-6-28-8-5-24-20(28)9-14/h1-3,5-6,8-10,13H,4,7,11-12,23H2,(H,25,26,27). The number of imidazole rings is 1. The molecule has 0 unspecified atom stereocenters. The van der Waals surface area contributed by atoms with Crippen LogP contribution in [0.4, 0.5) is 17.2 Å². The normalized spacial score (nSPS) is 13.5. The molecule has 0 amide bonds. The van der Waals surface area contributed by atoms with Gasteiger partial charge in [-0.3, -0.25) is 0 Å². The summed E-state index contributed by atoms with van der Waals surface area (Å²) in [6.45, 7) is 2.21. The fraction of sp³-hybridized carbons (Fsp3) is 0.190. The van der Waals surface area contributed by atoms with E-state index in [1.165, 1.54) is 0 Å². The molecule has 4 heterocycles. The molecule has 3 aromatic heterocycles. The van der Waals surface area contributed by atoms with Crippen LogP contribution >= 0.6 is 11.6 Å². The number of benzene rings is 1. The minimum atomic E-state index is 0.642. The summed E-state index contributed by atoms with van der Waals surface area (Å²) in [6.07, 6.45) is 8.22. The van der Waals surface area contributed by atoms with Gasteiger partial charge < -0.3 is 20.4 Å². The molecule has 8 heteroatoms. The lowest BCUT2D eigenvalue weighted by Gasteiger charge is -2.32. The topological polar surface area (TPSA) is 84.4 Å². The maximum Gasteiger partial charge on any atom is 0.136 e. The molecule has 0 radical (unpaired) electrons. The molecule has 1 aliphatic heterocycles. The molecule has 0 saturated carbocycles. The molecule has 0 saturated heterocycles. The van der Waals surface area contributed by atoms with Crippen LogP contribution in [0.2, 0.25) is 5.02 Å². The van der Waals surface area contributed by atoms with Gasteiger partial charge in [-0.15, -0.1) is 0 Å². The van der Waals surface area contributed by atoms with Crippen molar-refractivity contribution in [3.63, 3.8) is 0 Å². The summed E-state index contributed by atoms with van der Waals surface area (Å²) in [5, 5.41) is 4.12. The summed E-state index contributed by atoms with van der Waals surface area (Å²) in [5.41, 5.74) is 12.1. The molecular weight excluding hydrogens is 386 g/mol. The molecule has 1 aromatic carbocycles. The third-order valence-electron chi connectivity index (χ3n) is 5.25. The summed E-state index contributed by atoms with van der Waals surface area (Å²) in [6, 6.07) is 9.78. The summed E-state index contributed by atoms with van der Waals surface area (Å²) in [7, 11) is 0. The fourth-order valence-corrected chi connectivity index (χ4v) is 3.94. The molecule has 146 valence electrons. The number of fused-ring (bicyclic) bond motifs is 2. The lowest BCUT2D eigenvalue weighted by Crippen LogP contribution is -2.32. The van der Waals surface area contributed by atoms with Crippen LogP contribution in [-0.2, 0) is 19.5 Å². The number of rotatable bonds is 4. The van der Waals surface area contributed by atoms with Crippen LogP contribution in [0, 0.1) is 0 Å². The Morgan fingerprint density at radius 2 is 2.03 bits per heavy atom. The molecule has 4 aromatic rings. The first-order valence-corrected chi connectivity index (χ1v) is 9.83. The maximum absolute atomic E-state index is 6.20. The van der Waals surface area contributed by atoms with Gasteiger partial charge in [-0.1, -0.05) is 11.6 Å². The van der Waals surface area contributed by atoms with E-state index >= 15 is 0 Å². The SMILES string of the molecule is Nc1cc(Cl)ccc1N1CCc2ncnc(NCc3ccn4ccnc4c3)c2C1. The first-order chi connectivity index (χ1) is 14.2. The van der Waals surface area contributed by atoms with E-state index < -0.39 is 0 Å². The van der Waals surface area contributed by atoms with Crippen molar-refractivity contribution in [2.45, 2.75) is 19.5 Å². The van der Waals surface area contributed by atoms with Gasteiger partial charge in [-0.25, -0.2) is 15.0 Å². The second kappa shape index (κ2) is 7.25. The maximum atomic E-state index is 6.20. The number of nitrogens with one attached hydrogen (secondary N) is 1. The Kier molecular flexibility index (Phi) is 4.44. The zero-order valence-corrected chi connectivity index (χ0v) is 16.5. The smallest absolute Gasteiger partial charge is 0.136 e. The van der Waals surface area contributed by atoms with E-state index in [-0.39, 0.29) is 0 Å². The second-order valence-corrected chi connectivity index (χ2v) is 7.54. The molecule has 5 rings (SSSR count). The van der Waals surface area contributed by atoms with E-state index in [9.17, 15) is 0 Å². The highest BCUT2D eigenvalue weighted by atomic mass is 35.5. The number of pyridine rings is 1. The van der Waals surface area contributed by atoms with Crippen LogP contribution in [0.25, 0.3) is 5.65 Å². The number of nitrogens with two attached hydrogens (primary N) is 1. The molecule has 0 atom stereocenters. The van der Waals surface area contributed by atoms with Crippen molar-refractivity contribution < 1.29 is 0 Å². The molecule has 3 N–H and O–H groups in total.